The molecule has 124 valence electrons. The van der Waals surface area contributed by atoms with Crippen molar-refractivity contribution in [3.8, 4) is 11.6 Å². The number of carbonyl (C=O) groups excluding carboxylic acids is 1. The van der Waals surface area contributed by atoms with E-state index in [1.54, 1.807) is 12.1 Å². The number of benzene rings is 1. The number of aromatic amines is 1. The van der Waals surface area contributed by atoms with Gasteiger partial charge in [-0.05, 0) is 17.7 Å². The van der Waals surface area contributed by atoms with Gasteiger partial charge in [-0.1, -0.05) is 30.3 Å². The molecule has 0 radical (unpaired) electrons. The molecule has 0 fully saturated rings. The highest BCUT2D eigenvalue weighted by molar-refractivity contribution is 5.91. The Balaban J connectivity index is 1.66. The number of fused-ring (bicyclic) bond motifs is 1. The average molecular weight is 335 g/mol. The van der Waals surface area contributed by atoms with Crippen molar-refractivity contribution in [2.24, 2.45) is 0 Å². The molecule has 2 N–H and O–H groups in total. The molecule has 0 saturated carbocycles. The molecule has 0 unspecified atom stereocenters. The van der Waals surface area contributed by atoms with Gasteiger partial charge in [0, 0.05) is 6.07 Å². The third kappa shape index (κ3) is 3.05. The molecule has 1 amide bonds. The van der Waals surface area contributed by atoms with Crippen LogP contribution in [0.2, 0.25) is 0 Å². The molecule has 4 aromatic rings. The Hall–Kier alpha value is -3.68. The van der Waals surface area contributed by atoms with Gasteiger partial charge in [0.05, 0.1) is 12.7 Å². The van der Waals surface area contributed by atoms with E-state index in [-0.39, 0.29) is 29.5 Å². The summed E-state index contributed by atoms with van der Waals surface area (Å²) in [6.45, 7) is 0. The van der Waals surface area contributed by atoms with Crippen LogP contribution < -0.4 is 10.9 Å². The monoisotopic (exact) mass is 335 g/mol. The molecule has 3 heterocycles. The fraction of sp³-hybridized carbons (Fsp3) is 0.0588. The predicted molar refractivity (Wildman–Crippen MR) is 90.1 cm³/mol. The molecule has 0 aliphatic carbocycles. The normalized spacial score (nSPS) is 10.9. The number of nitrogens with zero attached hydrogens (tertiary/aromatic N) is 3. The smallest absolute Gasteiger partial charge is 0.254 e. The van der Waals surface area contributed by atoms with Gasteiger partial charge in [0.25, 0.3) is 5.56 Å². The van der Waals surface area contributed by atoms with Gasteiger partial charge < -0.3 is 9.73 Å². The van der Waals surface area contributed by atoms with Crippen molar-refractivity contribution in [2.45, 2.75) is 6.42 Å². The lowest BCUT2D eigenvalue weighted by molar-refractivity contribution is -0.115. The number of carbonyl (C=O) groups is 1. The number of rotatable bonds is 4. The Labute approximate surface area is 141 Å². The second-order valence-corrected chi connectivity index (χ2v) is 5.38. The number of anilines is 1. The van der Waals surface area contributed by atoms with Gasteiger partial charge in [0.15, 0.2) is 5.76 Å². The quantitative estimate of drug-likeness (QED) is 0.592. The maximum absolute atomic E-state index is 12.3. The molecule has 0 atom stereocenters. The highest BCUT2D eigenvalue weighted by Gasteiger charge is 2.14. The van der Waals surface area contributed by atoms with Crippen molar-refractivity contribution in [2.75, 3.05) is 5.32 Å². The SMILES string of the molecule is O=C(Cc1ccccc1)Nc1cc(=O)[nH]c2nc(-c3ccco3)nn12. The number of hydrogen-bond donors (Lipinski definition) is 2. The summed E-state index contributed by atoms with van der Waals surface area (Å²) in [6, 6.07) is 14.0. The lowest BCUT2D eigenvalue weighted by Crippen LogP contribution is -2.20. The molecule has 8 nitrogen and oxygen atoms in total. The van der Waals surface area contributed by atoms with Gasteiger partial charge in [-0.2, -0.15) is 9.50 Å². The lowest BCUT2D eigenvalue weighted by Gasteiger charge is -2.06. The van der Waals surface area contributed by atoms with Crippen molar-refractivity contribution < 1.29 is 9.21 Å². The topological polar surface area (TPSA) is 105 Å². The third-order valence-corrected chi connectivity index (χ3v) is 3.55. The summed E-state index contributed by atoms with van der Waals surface area (Å²) in [6.07, 6.45) is 1.70. The van der Waals surface area contributed by atoms with Crippen LogP contribution in [0.25, 0.3) is 17.4 Å². The molecule has 0 saturated heterocycles. The number of amides is 1. The van der Waals surface area contributed by atoms with Crippen molar-refractivity contribution in [3.63, 3.8) is 0 Å². The highest BCUT2D eigenvalue weighted by Crippen LogP contribution is 2.17. The molecule has 3 aromatic heterocycles. The predicted octanol–water partition coefficient (Wildman–Crippen LogP) is 1.86. The van der Waals surface area contributed by atoms with Crippen LogP contribution in [-0.4, -0.2) is 25.5 Å². The Kier molecular flexibility index (Phi) is 3.62. The van der Waals surface area contributed by atoms with E-state index >= 15 is 0 Å². The van der Waals surface area contributed by atoms with Crippen LogP contribution in [0.15, 0.2) is 64.0 Å². The Morgan fingerprint density at radius 1 is 1.20 bits per heavy atom. The van der Waals surface area contributed by atoms with Crippen molar-refractivity contribution in [1.29, 1.82) is 0 Å². The first-order valence-electron chi connectivity index (χ1n) is 7.57. The fourth-order valence-electron chi connectivity index (χ4n) is 2.46. The first-order chi connectivity index (χ1) is 12.2. The van der Waals surface area contributed by atoms with Gasteiger partial charge in [-0.15, -0.1) is 5.10 Å². The molecule has 4 rings (SSSR count). The molecule has 0 spiro atoms. The van der Waals surface area contributed by atoms with Crippen LogP contribution >= 0.6 is 0 Å². The zero-order valence-electron chi connectivity index (χ0n) is 13.0. The van der Waals surface area contributed by atoms with Crippen molar-refractivity contribution in [1.82, 2.24) is 19.6 Å². The first-order valence-corrected chi connectivity index (χ1v) is 7.57. The standard InChI is InChI=1S/C17H13N5O3/c23-14(9-11-5-2-1-3-6-11)18-13-10-15(24)19-17-20-16(21-22(13)17)12-7-4-8-25-12/h1-8,10H,9H2,(H,18,23)(H,19,20,21,24). The molecule has 0 aliphatic rings. The summed E-state index contributed by atoms with van der Waals surface area (Å²) in [5.74, 6) is 0.976. The van der Waals surface area contributed by atoms with Gasteiger partial charge in [-0.25, -0.2) is 0 Å². The van der Waals surface area contributed by atoms with Crippen LogP contribution in [0.1, 0.15) is 5.56 Å². The summed E-state index contributed by atoms with van der Waals surface area (Å²) >= 11 is 0. The van der Waals surface area contributed by atoms with Gasteiger partial charge in [-0.3, -0.25) is 14.6 Å². The third-order valence-electron chi connectivity index (χ3n) is 3.55. The van der Waals surface area contributed by atoms with Gasteiger partial charge in [0.2, 0.25) is 17.5 Å². The van der Waals surface area contributed by atoms with Crippen LogP contribution in [0.3, 0.4) is 0 Å². The number of aromatic nitrogens is 4. The number of H-pyrrole nitrogens is 1. The summed E-state index contributed by atoms with van der Waals surface area (Å²) in [5, 5.41) is 6.99. The second kappa shape index (κ2) is 6.08. The summed E-state index contributed by atoms with van der Waals surface area (Å²) in [5.41, 5.74) is 0.483. The number of hydrogen-bond acceptors (Lipinski definition) is 5. The highest BCUT2D eigenvalue weighted by atomic mass is 16.3. The van der Waals surface area contributed by atoms with E-state index in [9.17, 15) is 9.59 Å². The maximum atomic E-state index is 12.3. The van der Waals surface area contributed by atoms with Gasteiger partial charge in [0.1, 0.15) is 5.82 Å². The molecule has 0 bridgehead atoms. The van der Waals surface area contributed by atoms with Crippen LogP contribution in [0.4, 0.5) is 5.82 Å². The van der Waals surface area contributed by atoms with E-state index in [1.165, 1.54) is 16.8 Å². The Bertz CT molecular complexity index is 1080. The second-order valence-electron chi connectivity index (χ2n) is 5.38. The van der Waals surface area contributed by atoms with E-state index in [0.717, 1.165) is 5.56 Å². The fourth-order valence-corrected chi connectivity index (χ4v) is 2.46. The molecule has 1 aromatic carbocycles. The van der Waals surface area contributed by atoms with E-state index < -0.39 is 0 Å². The molecule has 8 heteroatoms. The average Bonchev–Trinajstić information content (AvgIpc) is 3.24. The first kappa shape index (κ1) is 14.9. The largest absolute Gasteiger partial charge is 0.461 e. The number of nitrogens with one attached hydrogen (secondary N) is 2. The van der Waals surface area contributed by atoms with E-state index in [0.29, 0.717) is 11.6 Å². The Morgan fingerprint density at radius 2 is 2.04 bits per heavy atom. The zero-order valence-corrected chi connectivity index (χ0v) is 13.0. The summed E-state index contributed by atoms with van der Waals surface area (Å²) in [4.78, 5) is 30.9. The minimum atomic E-state index is -0.388. The van der Waals surface area contributed by atoms with Crippen LogP contribution in [0, 0.1) is 0 Å². The summed E-state index contributed by atoms with van der Waals surface area (Å²) in [7, 11) is 0. The van der Waals surface area contributed by atoms with E-state index in [4.69, 9.17) is 4.42 Å². The lowest BCUT2D eigenvalue weighted by atomic mass is 10.1. The summed E-state index contributed by atoms with van der Waals surface area (Å²) < 4.78 is 6.62. The molecule has 25 heavy (non-hydrogen) atoms. The molecule has 0 aliphatic heterocycles. The molecular weight excluding hydrogens is 322 g/mol. The van der Waals surface area contributed by atoms with E-state index in [1.807, 2.05) is 30.3 Å². The van der Waals surface area contributed by atoms with Crippen molar-refractivity contribution in [3.05, 3.63) is 70.7 Å². The minimum Gasteiger partial charge on any atom is -0.461 e. The van der Waals surface area contributed by atoms with E-state index in [2.05, 4.69) is 20.4 Å². The van der Waals surface area contributed by atoms with Crippen LogP contribution in [0.5, 0.6) is 0 Å². The maximum Gasteiger partial charge on any atom is 0.254 e. The van der Waals surface area contributed by atoms with Gasteiger partial charge >= 0.3 is 0 Å². The number of furan rings is 1. The Morgan fingerprint density at radius 3 is 2.80 bits per heavy atom. The minimum absolute atomic E-state index is 0.189. The zero-order chi connectivity index (χ0) is 17.2. The molecular formula is C17H13N5O3. The van der Waals surface area contributed by atoms with Crippen LogP contribution in [-0.2, 0) is 11.2 Å². The van der Waals surface area contributed by atoms with Crippen molar-refractivity contribution >= 4 is 17.5 Å².